The van der Waals surface area contributed by atoms with Crippen LogP contribution in [0.1, 0.15) is 0 Å². The highest BCUT2D eigenvalue weighted by atomic mass is 19.0. The highest BCUT2D eigenvalue weighted by Gasteiger charge is 1.88. The summed E-state index contributed by atoms with van der Waals surface area (Å²) in [5.41, 5.74) is 0.810. The van der Waals surface area contributed by atoms with Gasteiger partial charge in [-0.2, -0.15) is 0 Å². The van der Waals surface area contributed by atoms with Crippen molar-refractivity contribution < 1.29 is 4.70 Å². The first-order chi connectivity index (χ1) is 4.97. The van der Waals surface area contributed by atoms with Crippen LogP contribution in [0.5, 0.6) is 0 Å². The summed E-state index contributed by atoms with van der Waals surface area (Å²) in [6.07, 6.45) is 3.49. The quantitative estimate of drug-likeness (QED) is 0.572. The van der Waals surface area contributed by atoms with Crippen molar-refractivity contribution in [2.45, 2.75) is 0 Å². The van der Waals surface area contributed by atoms with E-state index in [1.54, 1.807) is 12.4 Å². The first-order valence-corrected chi connectivity index (χ1v) is 3.12. The van der Waals surface area contributed by atoms with Crippen LogP contribution in [0.4, 0.5) is 4.70 Å². The predicted octanol–water partition coefficient (Wildman–Crippen LogP) is 1.78. The van der Waals surface area contributed by atoms with Crippen LogP contribution in [0.3, 0.4) is 0 Å². The van der Waals surface area contributed by atoms with Crippen LogP contribution in [-0.2, 0) is 0 Å². The Labute approximate surface area is 63.3 Å². The minimum absolute atomic E-state index is 0. The summed E-state index contributed by atoms with van der Waals surface area (Å²) in [5.74, 6) is 0. The van der Waals surface area contributed by atoms with Crippen LogP contribution in [-0.4, -0.2) is 9.97 Å². The molecule has 11 heavy (non-hydrogen) atoms. The maximum Gasteiger partial charge on any atom is 0.159 e. The van der Waals surface area contributed by atoms with Gasteiger partial charge in [-0.1, -0.05) is 0 Å². The SMILES string of the molecule is F.c1cnc2ncccc2c1. The Bertz CT molecular complexity index is 283. The fourth-order valence-electron chi connectivity index (χ4n) is 0.908. The molecule has 2 heterocycles. The second kappa shape index (κ2) is 3.05. The van der Waals surface area contributed by atoms with Gasteiger partial charge in [0.2, 0.25) is 0 Å². The van der Waals surface area contributed by atoms with Crippen LogP contribution in [0.25, 0.3) is 11.0 Å². The zero-order chi connectivity index (χ0) is 6.81. The molecule has 0 aliphatic heterocycles. The molecule has 0 unspecified atom stereocenters. The van der Waals surface area contributed by atoms with Gasteiger partial charge in [-0.15, -0.1) is 0 Å². The van der Waals surface area contributed by atoms with Crippen LogP contribution < -0.4 is 0 Å². The number of halogens is 1. The standard InChI is InChI=1S/C8H6N2.FH/c1-3-7-4-2-6-10-8(7)9-5-1;/h1-6H;1H. The van der Waals surface area contributed by atoms with Gasteiger partial charge in [-0.3, -0.25) is 4.70 Å². The number of aromatic nitrogens is 2. The van der Waals surface area contributed by atoms with Crippen molar-refractivity contribution >= 4 is 11.0 Å². The van der Waals surface area contributed by atoms with Gasteiger partial charge in [0.1, 0.15) is 0 Å². The van der Waals surface area contributed by atoms with E-state index in [9.17, 15) is 0 Å². The molecule has 0 bridgehead atoms. The van der Waals surface area contributed by atoms with Crippen molar-refractivity contribution in [2.24, 2.45) is 0 Å². The van der Waals surface area contributed by atoms with Crippen molar-refractivity contribution in [3.8, 4) is 0 Å². The van der Waals surface area contributed by atoms with Crippen molar-refractivity contribution in [2.75, 3.05) is 0 Å². The van der Waals surface area contributed by atoms with E-state index >= 15 is 0 Å². The number of fused-ring (bicyclic) bond motifs is 1. The molecule has 2 rings (SSSR count). The Morgan fingerprint density at radius 3 is 1.91 bits per heavy atom. The molecule has 0 N–H and O–H groups in total. The Balaban J connectivity index is 0.000000605. The smallest absolute Gasteiger partial charge is 0.159 e. The van der Waals surface area contributed by atoms with Crippen LogP contribution >= 0.6 is 0 Å². The molecule has 0 saturated heterocycles. The maximum atomic E-state index is 4.07. The predicted molar refractivity (Wildman–Crippen MR) is 42.0 cm³/mol. The minimum atomic E-state index is 0. The lowest BCUT2D eigenvalue weighted by Gasteiger charge is -1.90. The minimum Gasteiger partial charge on any atom is -0.269 e. The highest BCUT2D eigenvalue weighted by molar-refractivity contribution is 5.73. The summed E-state index contributed by atoms with van der Waals surface area (Å²) in [6, 6.07) is 7.80. The average Bonchev–Trinajstić information content (AvgIpc) is 2.05. The summed E-state index contributed by atoms with van der Waals surface area (Å²) in [4.78, 5) is 8.14. The molecule has 0 radical (unpaired) electrons. The third-order valence-electron chi connectivity index (χ3n) is 1.38. The van der Waals surface area contributed by atoms with Crippen molar-refractivity contribution in [1.82, 2.24) is 9.97 Å². The van der Waals surface area contributed by atoms with Crippen molar-refractivity contribution in [3.63, 3.8) is 0 Å². The fraction of sp³-hybridized carbons (Fsp3) is 0. The third-order valence-corrected chi connectivity index (χ3v) is 1.38. The molecule has 2 nitrogen and oxygen atoms in total. The Kier molecular flexibility index (Phi) is 2.11. The van der Waals surface area contributed by atoms with E-state index in [1.165, 1.54) is 0 Å². The molecule has 0 spiro atoms. The first kappa shape index (κ1) is 7.60. The molecule has 0 amide bonds. The van der Waals surface area contributed by atoms with E-state index in [4.69, 9.17) is 0 Å². The number of pyridine rings is 2. The number of hydrogen-bond donors (Lipinski definition) is 0. The molecule has 0 atom stereocenters. The molecule has 2 aromatic rings. The average molecular weight is 150 g/mol. The van der Waals surface area contributed by atoms with Crippen LogP contribution in [0, 0.1) is 0 Å². The van der Waals surface area contributed by atoms with E-state index in [2.05, 4.69) is 9.97 Å². The summed E-state index contributed by atoms with van der Waals surface area (Å²) in [5, 5.41) is 1.09. The lowest BCUT2D eigenvalue weighted by Crippen LogP contribution is -1.78. The normalized spacial score (nSPS) is 9.09. The third kappa shape index (κ3) is 1.32. The molecule has 2 aromatic heterocycles. The lowest BCUT2D eigenvalue weighted by molar-refractivity contribution is 1.11. The van der Waals surface area contributed by atoms with Gasteiger partial charge < -0.3 is 0 Å². The fourth-order valence-corrected chi connectivity index (χ4v) is 0.908. The van der Waals surface area contributed by atoms with Crippen LogP contribution in [0.2, 0.25) is 0 Å². The molecule has 0 saturated carbocycles. The summed E-state index contributed by atoms with van der Waals surface area (Å²) in [6.45, 7) is 0. The van der Waals surface area contributed by atoms with Gasteiger partial charge in [0.25, 0.3) is 0 Å². The topological polar surface area (TPSA) is 25.8 Å². The van der Waals surface area contributed by atoms with E-state index in [-0.39, 0.29) is 4.70 Å². The zero-order valence-electron chi connectivity index (χ0n) is 5.77. The Hall–Kier alpha value is -1.51. The van der Waals surface area contributed by atoms with Gasteiger partial charge in [-0.05, 0) is 24.3 Å². The maximum absolute atomic E-state index is 4.07. The molecule has 3 heteroatoms. The van der Waals surface area contributed by atoms with Crippen molar-refractivity contribution in [1.29, 1.82) is 0 Å². The largest absolute Gasteiger partial charge is 0.269 e. The molecule has 0 fully saturated rings. The summed E-state index contributed by atoms with van der Waals surface area (Å²) in [7, 11) is 0. The monoisotopic (exact) mass is 150 g/mol. The van der Waals surface area contributed by atoms with Crippen LogP contribution in [0.15, 0.2) is 36.7 Å². The Morgan fingerprint density at radius 1 is 0.909 bits per heavy atom. The van der Waals surface area contributed by atoms with E-state index in [0.29, 0.717) is 0 Å². The van der Waals surface area contributed by atoms with Gasteiger partial charge in [-0.25, -0.2) is 9.97 Å². The van der Waals surface area contributed by atoms with Crippen molar-refractivity contribution in [3.05, 3.63) is 36.7 Å². The van der Waals surface area contributed by atoms with E-state index in [1.807, 2.05) is 24.3 Å². The number of rotatable bonds is 0. The summed E-state index contributed by atoms with van der Waals surface area (Å²) >= 11 is 0. The molecule has 0 aliphatic carbocycles. The second-order valence-electron chi connectivity index (χ2n) is 2.05. The highest BCUT2D eigenvalue weighted by Crippen LogP contribution is 2.04. The summed E-state index contributed by atoms with van der Waals surface area (Å²) < 4.78 is 0. The number of nitrogens with zero attached hydrogens (tertiary/aromatic N) is 2. The van der Waals surface area contributed by atoms with Gasteiger partial charge in [0.05, 0.1) is 0 Å². The van der Waals surface area contributed by atoms with E-state index in [0.717, 1.165) is 11.0 Å². The molecule has 0 aromatic carbocycles. The van der Waals surface area contributed by atoms with Gasteiger partial charge in [0, 0.05) is 17.8 Å². The van der Waals surface area contributed by atoms with Gasteiger partial charge >= 0.3 is 0 Å². The van der Waals surface area contributed by atoms with E-state index < -0.39 is 0 Å². The lowest BCUT2D eigenvalue weighted by atomic mass is 10.3. The molecular formula is C8H7FN2. The molecule has 0 aliphatic rings. The zero-order valence-corrected chi connectivity index (χ0v) is 5.77. The Morgan fingerprint density at radius 2 is 1.45 bits per heavy atom. The number of hydrogen-bond acceptors (Lipinski definition) is 2. The van der Waals surface area contributed by atoms with Gasteiger partial charge in [0.15, 0.2) is 5.65 Å². The molecular weight excluding hydrogens is 143 g/mol. The molecule has 56 valence electrons. The second-order valence-corrected chi connectivity index (χ2v) is 2.05. The first-order valence-electron chi connectivity index (χ1n) is 3.12.